The highest BCUT2D eigenvalue weighted by atomic mass is 35.5. The van der Waals surface area contributed by atoms with Crippen molar-refractivity contribution >= 4 is 170 Å². The molecule has 12 aliphatic carbocycles. The lowest BCUT2D eigenvalue weighted by molar-refractivity contribution is 0.0884. The summed E-state index contributed by atoms with van der Waals surface area (Å²) in [4.78, 5) is 81.2. The Kier molecular flexibility index (Phi) is 31.4. The second-order valence-corrected chi connectivity index (χ2v) is 49.3. The fourth-order valence-corrected chi connectivity index (χ4v) is 32.9. The van der Waals surface area contributed by atoms with E-state index in [2.05, 4.69) is 162 Å². The molecule has 0 spiro atoms. The van der Waals surface area contributed by atoms with Crippen LogP contribution < -0.4 is 42.0 Å². The van der Waals surface area contributed by atoms with Gasteiger partial charge in [0.2, 0.25) is 5.88 Å². The molecule has 0 aliphatic heterocycles. The number of halogens is 2. The molecule has 0 saturated heterocycles. The minimum atomic E-state index is -0.307. The number of nitrogens with zero attached hydrogens (tertiary/aromatic N) is 14. The topological polar surface area (TPSA) is 327 Å². The van der Waals surface area contributed by atoms with Crippen LogP contribution in [-0.4, -0.2) is 200 Å². The van der Waals surface area contributed by atoms with Gasteiger partial charge in [0.15, 0.2) is 0 Å². The van der Waals surface area contributed by atoms with E-state index in [1.54, 1.807) is 50.1 Å². The molecule has 4 fully saturated rings. The maximum Gasteiger partial charge on any atom is 0.225 e. The SMILES string of the molecule is CN(C)C1CCC(COc2ncnc3sc4c(c23)CCC4)CC1.CN(Cc1c(F)cccc1Cl)C1CCC(Nc2ncnc3sc4c(c23)CCC4)CC1.CNC[C@@H]1CCC(Nc2ncnc3sc4c(c23)CCC4)[C@@H](CO)C1.CNC[C@@H]1CCC(Nc2ncnc3sc4c(c23)CCC4)[C@@H](O)C1.c1nc(NC2CCc3[nH]ccc3C2)c2c3c(sc2n1)CCC3.c1nc(NC2CCc3cc[nH]c3C2)c2c3c(sc2n1)CCC3. The van der Waals surface area contributed by atoms with Crippen molar-refractivity contribution in [3.05, 3.63) is 182 Å². The molecule has 11 N–H and O–H groups in total. The molecule has 4 unspecified atom stereocenters. The van der Waals surface area contributed by atoms with E-state index in [0.29, 0.717) is 71.0 Å². The highest BCUT2D eigenvalue weighted by Crippen LogP contribution is 2.48. The number of hydrogen-bond donors (Lipinski definition) is 11. The zero-order valence-corrected chi connectivity index (χ0v) is 89.3. The molecule has 0 bridgehead atoms. The number of aromatic nitrogens is 14. The van der Waals surface area contributed by atoms with E-state index >= 15 is 0 Å². The largest absolute Gasteiger partial charge is 0.477 e. The van der Waals surface area contributed by atoms with Crippen LogP contribution in [0.15, 0.2) is 80.7 Å². The Morgan fingerprint density at radius 1 is 0.410 bits per heavy atom. The number of aliphatic hydroxyl groups is 2. The van der Waals surface area contributed by atoms with Gasteiger partial charge in [-0.2, -0.15) is 0 Å². The van der Waals surface area contributed by atoms with E-state index in [1.807, 2.05) is 82.1 Å². The molecule has 15 aromatic rings. The number of fused-ring (bicyclic) bond motifs is 20. The Bertz CT molecular complexity index is 6810. The summed E-state index contributed by atoms with van der Waals surface area (Å²) in [5.74, 6) is 7.82. The number of aryl methyl sites for hydroxylation is 14. The summed E-state index contributed by atoms with van der Waals surface area (Å²) in [5.41, 5.74) is 15.1. The van der Waals surface area contributed by atoms with Crippen molar-refractivity contribution in [2.45, 2.75) is 299 Å². The molecule has 14 aromatic heterocycles. The smallest absolute Gasteiger partial charge is 0.225 e. The number of rotatable bonds is 22. The molecule has 14 heterocycles. The van der Waals surface area contributed by atoms with Gasteiger partial charge < -0.3 is 67.0 Å². The summed E-state index contributed by atoms with van der Waals surface area (Å²) in [6.45, 7) is 3.62. The number of H-pyrrole nitrogens is 2. The van der Waals surface area contributed by atoms with Gasteiger partial charge in [0.1, 0.15) is 102 Å². The zero-order chi connectivity index (χ0) is 97.8. The van der Waals surface area contributed by atoms with E-state index < -0.39 is 0 Å². The molecular formula is C110H137ClFN23O3S6. The van der Waals surface area contributed by atoms with Gasteiger partial charge in [0.25, 0.3) is 0 Å². The van der Waals surface area contributed by atoms with Crippen LogP contribution in [0.25, 0.3) is 61.3 Å². The van der Waals surface area contributed by atoms with Crippen LogP contribution >= 0.6 is 79.6 Å². The normalized spacial score (nSPS) is 23.3. The van der Waals surface area contributed by atoms with Gasteiger partial charge >= 0.3 is 0 Å². The van der Waals surface area contributed by atoms with Crippen LogP contribution in [-0.2, 0) is 109 Å². The lowest BCUT2D eigenvalue weighted by atomic mass is 9.78. The van der Waals surface area contributed by atoms with Crippen molar-refractivity contribution in [3.63, 3.8) is 0 Å². The molecule has 8 atom stereocenters. The van der Waals surface area contributed by atoms with Crippen LogP contribution in [0, 0.1) is 29.5 Å². The first-order valence-corrected chi connectivity index (χ1v) is 58.6. The average molecular weight is 2080 g/mol. The molecular weight excluding hydrogens is 1940 g/mol. The van der Waals surface area contributed by atoms with Crippen molar-refractivity contribution in [1.82, 2.24) is 90.2 Å². The fraction of sp³-hybridized carbons (Fsp3) is 0.545. The summed E-state index contributed by atoms with van der Waals surface area (Å²) in [5, 5.41) is 53.2. The van der Waals surface area contributed by atoms with Crippen molar-refractivity contribution in [3.8, 4) is 5.88 Å². The number of benzene rings is 1. The Morgan fingerprint density at radius 3 is 1.29 bits per heavy atom. The number of aliphatic hydroxyl groups excluding tert-OH is 2. The lowest BCUT2D eigenvalue weighted by Crippen LogP contribution is -2.41. The predicted octanol–water partition coefficient (Wildman–Crippen LogP) is 21.4. The van der Waals surface area contributed by atoms with Gasteiger partial charge in [-0.1, -0.05) is 17.7 Å². The standard InChI is InChI=1S/C23H26ClFN4S.C18H26N4OS.C18H25N3OS.C17H24N4OS.2C17H18N4S/c1-29(12-17-18(24)5-3-6-19(17)25)15-10-8-14(9-11-15)28-22-21-16-4-2-7-20(16)30-23(21)27-13-26-22;1-19-8-11-5-6-14(12(7-11)9-23)22-17-16-13-3-2-4-15(13)24-18(16)21-10-20-17;1-21(2)13-8-6-12(7-9-13)10-22-17-16-14-4-3-5-15(14)23-18(16)20-11-19-17;1-18-8-10-5-6-12(13(22)7-10)21-16-15-11-3-2-4-14(11)23-17(15)20-9-19-16;1-2-12-14(3-1)22-17-15(12)16(19-9-20-17)21-11-4-5-13-10(8-11)6-7-18-13;1-2-12-14(3-1)22-17-15(12)16(19-9-20-17)21-11-5-4-10-6-7-18-13(10)8-11/h3,5-6,13-15H,2,4,7-12H2,1H3,(H,26,27,28);10-12,14,19,23H,2-9H2,1H3,(H,20,21,22);11-13H,3-10H2,1-2H3;9-10,12-13,18,22H,2-8H2,1H3,(H,19,20,21);2*6-7,9,11,18H,1-5,8H2,(H,19,20,21)/t;11-,12-,14?;;10-,12?,13+;;/m.1.1../s1. The van der Waals surface area contributed by atoms with Gasteiger partial charge in [0, 0.05) is 125 Å². The third kappa shape index (κ3) is 21.7. The van der Waals surface area contributed by atoms with Gasteiger partial charge in [-0.05, 0) is 372 Å². The second-order valence-electron chi connectivity index (χ2n) is 42.3. The summed E-state index contributed by atoms with van der Waals surface area (Å²) in [6.07, 6.45) is 58.1. The first kappa shape index (κ1) is 99.4. The van der Waals surface area contributed by atoms with Crippen LogP contribution in [0.3, 0.4) is 0 Å². The maximum absolute atomic E-state index is 14.1. The molecule has 34 heteroatoms. The summed E-state index contributed by atoms with van der Waals surface area (Å²) in [6, 6.07) is 12.3. The predicted molar refractivity (Wildman–Crippen MR) is 589 cm³/mol. The average Bonchev–Trinajstić information content (AvgIpc) is 1.64. The number of hydrogen-bond acceptors (Lipinski definition) is 30. The molecule has 12 aliphatic rings. The molecule has 1 aromatic carbocycles. The van der Waals surface area contributed by atoms with Crippen LogP contribution in [0.1, 0.15) is 232 Å². The third-order valence-electron chi connectivity index (χ3n) is 32.9. The van der Waals surface area contributed by atoms with E-state index in [9.17, 15) is 14.6 Å². The molecule has 27 rings (SSSR count). The van der Waals surface area contributed by atoms with Crippen LogP contribution in [0.5, 0.6) is 5.88 Å². The van der Waals surface area contributed by atoms with Gasteiger partial charge in [-0.3, -0.25) is 4.90 Å². The highest BCUT2D eigenvalue weighted by molar-refractivity contribution is 7.20. The van der Waals surface area contributed by atoms with E-state index in [1.165, 1.54) is 252 Å². The second kappa shape index (κ2) is 45.5. The Balaban J connectivity index is 0.0000000989. The lowest BCUT2D eigenvalue weighted by Gasteiger charge is -2.36. The van der Waals surface area contributed by atoms with Crippen molar-refractivity contribution in [1.29, 1.82) is 0 Å². The van der Waals surface area contributed by atoms with Crippen molar-refractivity contribution in [2.75, 3.05) is 88.1 Å². The zero-order valence-electron chi connectivity index (χ0n) is 83.6. The van der Waals surface area contributed by atoms with Crippen LogP contribution in [0.4, 0.5) is 33.5 Å². The quantitative estimate of drug-likeness (QED) is 0.0300. The number of nitrogens with one attached hydrogen (secondary N) is 9. The Hall–Kier alpha value is -9.20. The number of thiophene rings is 6. The monoisotopic (exact) mass is 2070 g/mol. The number of anilines is 5. The first-order valence-electron chi connectivity index (χ1n) is 53.3. The van der Waals surface area contributed by atoms with Crippen molar-refractivity contribution < 1.29 is 19.3 Å². The third-order valence-corrected chi connectivity index (χ3v) is 40.5. The first-order chi connectivity index (χ1) is 70.6. The maximum atomic E-state index is 14.1. The molecule has 0 amide bonds. The van der Waals surface area contributed by atoms with E-state index in [4.69, 9.17) is 16.3 Å². The van der Waals surface area contributed by atoms with E-state index in [0.717, 1.165) is 205 Å². The minimum absolute atomic E-state index is 0.0955. The summed E-state index contributed by atoms with van der Waals surface area (Å²) < 4.78 is 20.3. The molecule has 4 saturated carbocycles. The Labute approximate surface area is 871 Å². The number of aromatic amines is 2. The van der Waals surface area contributed by atoms with Crippen molar-refractivity contribution in [2.24, 2.45) is 23.7 Å². The fourth-order valence-electron chi connectivity index (χ4n) is 25.3. The van der Waals surface area contributed by atoms with Gasteiger partial charge in [-0.15, -0.1) is 68.0 Å². The molecule has 760 valence electrons. The highest BCUT2D eigenvalue weighted by Gasteiger charge is 2.37. The van der Waals surface area contributed by atoms with Crippen LogP contribution in [0.2, 0.25) is 5.02 Å². The molecule has 144 heavy (non-hydrogen) atoms. The minimum Gasteiger partial charge on any atom is -0.477 e. The molecule has 26 nitrogen and oxygen atoms in total. The summed E-state index contributed by atoms with van der Waals surface area (Å²) in [7, 11) is 10.4. The van der Waals surface area contributed by atoms with Gasteiger partial charge in [0.05, 0.1) is 51.1 Å². The Morgan fingerprint density at radius 2 is 0.819 bits per heavy atom. The number of ether oxygens (including phenoxy) is 1. The van der Waals surface area contributed by atoms with E-state index in [-0.39, 0.29) is 24.6 Å². The molecule has 0 radical (unpaired) electrons. The van der Waals surface area contributed by atoms with Gasteiger partial charge in [-0.25, -0.2) is 64.2 Å². The summed E-state index contributed by atoms with van der Waals surface area (Å²) >= 11 is 17.2.